The summed E-state index contributed by atoms with van der Waals surface area (Å²) < 4.78 is 21.9. The van der Waals surface area contributed by atoms with Crippen LogP contribution < -0.4 is 18.9 Å². The predicted molar refractivity (Wildman–Crippen MR) is 101 cm³/mol. The van der Waals surface area contributed by atoms with Crippen molar-refractivity contribution in [2.75, 3.05) is 28.4 Å². The molecule has 0 fully saturated rings. The molecule has 0 spiro atoms. The maximum absolute atomic E-state index is 5.55. The molecule has 0 saturated carbocycles. The highest BCUT2D eigenvalue weighted by Gasteiger charge is 2.17. The number of hydrogen-bond donors (Lipinski definition) is 0. The number of ether oxygens (including phenoxy) is 4. The fourth-order valence-corrected chi connectivity index (χ4v) is 2.87. The van der Waals surface area contributed by atoms with E-state index in [1.807, 2.05) is 36.4 Å². The molecule has 0 amide bonds. The number of benzene rings is 2. The van der Waals surface area contributed by atoms with Gasteiger partial charge in [0.2, 0.25) is 0 Å². The molecule has 3 rings (SSSR count). The first-order valence-electron chi connectivity index (χ1n) is 7.46. The summed E-state index contributed by atoms with van der Waals surface area (Å²) in [6.45, 7) is 0. The molecule has 25 heavy (non-hydrogen) atoms. The van der Waals surface area contributed by atoms with E-state index < -0.39 is 0 Å². The van der Waals surface area contributed by atoms with Crippen LogP contribution in [0.1, 0.15) is 0 Å². The van der Waals surface area contributed by atoms with Gasteiger partial charge in [0.15, 0.2) is 23.0 Å². The quantitative estimate of drug-likeness (QED) is 0.675. The number of aromatic nitrogens is 1. The summed E-state index contributed by atoms with van der Waals surface area (Å²) in [5.74, 6) is 2.67. The summed E-state index contributed by atoms with van der Waals surface area (Å²) >= 11 is 0. The normalized spacial score (nSPS) is 10.1. The fourth-order valence-electron chi connectivity index (χ4n) is 2.87. The molecule has 6 heteroatoms. The highest BCUT2D eigenvalue weighted by atomic mass is 35.5. The Morgan fingerprint density at radius 2 is 1.36 bits per heavy atom. The lowest BCUT2D eigenvalue weighted by molar-refractivity contribution is 0.356. The van der Waals surface area contributed by atoms with E-state index in [-0.39, 0.29) is 12.4 Å². The predicted octanol–water partition coefficient (Wildman–Crippen LogP) is 4.36. The van der Waals surface area contributed by atoms with E-state index in [1.54, 1.807) is 34.6 Å². The van der Waals surface area contributed by atoms with Crippen LogP contribution in [-0.2, 0) is 0 Å². The lowest BCUT2D eigenvalue weighted by Crippen LogP contribution is -1.96. The largest absolute Gasteiger partial charge is 0.493 e. The Labute approximate surface area is 152 Å². The molecule has 0 aliphatic heterocycles. The fraction of sp³-hybridized carbons (Fsp3) is 0.211. The molecule has 5 nitrogen and oxygen atoms in total. The summed E-state index contributed by atoms with van der Waals surface area (Å²) in [6, 6.07) is 11.5. The molecule has 3 aromatic rings. The van der Waals surface area contributed by atoms with Crippen LogP contribution in [0.25, 0.3) is 22.0 Å². The second-order valence-corrected chi connectivity index (χ2v) is 5.10. The van der Waals surface area contributed by atoms with Gasteiger partial charge in [-0.25, -0.2) is 0 Å². The minimum atomic E-state index is 0. The van der Waals surface area contributed by atoms with Crippen LogP contribution in [0.3, 0.4) is 0 Å². The molecular weight excluding hydrogens is 342 g/mol. The third-order valence-corrected chi connectivity index (χ3v) is 3.94. The number of halogens is 1. The van der Waals surface area contributed by atoms with E-state index in [0.29, 0.717) is 23.0 Å². The van der Waals surface area contributed by atoms with Gasteiger partial charge in [-0.1, -0.05) is 6.07 Å². The van der Waals surface area contributed by atoms with Crippen molar-refractivity contribution in [3.05, 3.63) is 42.6 Å². The van der Waals surface area contributed by atoms with E-state index in [4.69, 9.17) is 18.9 Å². The third kappa shape index (κ3) is 3.15. The second-order valence-electron chi connectivity index (χ2n) is 5.10. The zero-order chi connectivity index (χ0) is 17.1. The van der Waals surface area contributed by atoms with Crippen molar-refractivity contribution in [1.82, 2.24) is 4.98 Å². The minimum absolute atomic E-state index is 0. The molecule has 0 aliphatic rings. The molecule has 132 valence electrons. The third-order valence-electron chi connectivity index (χ3n) is 3.94. The van der Waals surface area contributed by atoms with Crippen LogP contribution in [-0.4, -0.2) is 33.4 Å². The van der Waals surface area contributed by atoms with Gasteiger partial charge in [-0.15, -0.1) is 12.4 Å². The number of hydrogen-bond acceptors (Lipinski definition) is 5. The van der Waals surface area contributed by atoms with Crippen LogP contribution in [0.5, 0.6) is 23.0 Å². The average Bonchev–Trinajstić information content (AvgIpc) is 2.65. The summed E-state index contributed by atoms with van der Waals surface area (Å²) in [5, 5.41) is 1.87. The van der Waals surface area contributed by atoms with Gasteiger partial charge in [0.25, 0.3) is 0 Å². The van der Waals surface area contributed by atoms with Crippen molar-refractivity contribution in [3.8, 4) is 34.3 Å². The average molecular weight is 362 g/mol. The SMILES string of the molecule is COc1cccc(-c2nccc3c(OC)c(OC)ccc23)c1OC.Cl. The zero-order valence-corrected chi connectivity index (χ0v) is 15.3. The topological polar surface area (TPSA) is 49.8 Å². The molecule has 0 bridgehead atoms. The minimum Gasteiger partial charge on any atom is -0.493 e. The first kappa shape index (κ1) is 18.7. The summed E-state index contributed by atoms with van der Waals surface area (Å²) in [7, 11) is 6.49. The van der Waals surface area contributed by atoms with Gasteiger partial charge < -0.3 is 18.9 Å². The van der Waals surface area contributed by atoms with E-state index in [1.165, 1.54) is 0 Å². The molecule has 0 N–H and O–H groups in total. The van der Waals surface area contributed by atoms with E-state index in [9.17, 15) is 0 Å². The lowest BCUT2D eigenvalue weighted by atomic mass is 10.0. The van der Waals surface area contributed by atoms with Gasteiger partial charge in [-0.3, -0.25) is 4.98 Å². The first-order valence-corrected chi connectivity index (χ1v) is 7.46. The number of pyridine rings is 1. The van der Waals surface area contributed by atoms with Gasteiger partial charge in [0.1, 0.15) is 0 Å². The molecule has 1 aromatic heterocycles. The number of para-hydroxylation sites is 1. The molecule has 0 atom stereocenters. The second kappa shape index (κ2) is 7.94. The zero-order valence-electron chi connectivity index (χ0n) is 14.5. The maximum Gasteiger partial charge on any atom is 0.170 e. The number of fused-ring (bicyclic) bond motifs is 1. The van der Waals surface area contributed by atoms with E-state index in [2.05, 4.69) is 4.98 Å². The Morgan fingerprint density at radius 3 is 2.00 bits per heavy atom. The van der Waals surface area contributed by atoms with Crippen LogP contribution in [0.2, 0.25) is 0 Å². The van der Waals surface area contributed by atoms with Gasteiger partial charge in [0.05, 0.1) is 34.1 Å². The van der Waals surface area contributed by atoms with Crippen LogP contribution in [0, 0.1) is 0 Å². The summed E-state index contributed by atoms with van der Waals surface area (Å²) in [5.41, 5.74) is 1.65. The van der Waals surface area contributed by atoms with Crippen LogP contribution >= 0.6 is 12.4 Å². The molecule has 0 aliphatic carbocycles. The molecule has 1 heterocycles. The molecule has 2 aromatic carbocycles. The Kier molecular flexibility index (Phi) is 5.93. The Bertz CT molecular complexity index is 883. The van der Waals surface area contributed by atoms with Gasteiger partial charge in [-0.2, -0.15) is 0 Å². The van der Waals surface area contributed by atoms with E-state index in [0.717, 1.165) is 22.0 Å². The van der Waals surface area contributed by atoms with Crippen molar-refractivity contribution in [2.45, 2.75) is 0 Å². The lowest BCUT2D eigenvalue weighted by Gasteiger charge is -2.15. The van der Waals surface area contributed by atoms with Crippen molar-refractivity contribution in [2.24, 2.45) is 0 Å². The van der Waals surface area contributed by atoms with Crippen molar-refractivity contribution < 1.29 is 18.9 Å². The van der Waals surface area contributed by atoms with Crippen molar-refractivity contribution in [3.63, 3.8) is 0 Å². The molecule has 0 unspecified atom stereocenters. The Morgan fingerprint density at radius 1 is 0.680 bits per heavy atom. The van der Waals surface area contributed by atoms with Crippen molar-refractivity contribution in [1.29, 1.82) is 0 Å². The summed E-state index contributed by atoms with van der Waals surface area (Å²) in [6.07, 6.45) is 1.75. The molecular formula is C19H20ClNO4. The maximum atomic E-state index is 5.55. The smallest absolute Gasteiger partial charge is 0.170 e. The number of rotatable bonds is 5. The van der Waals surface area contributed by atoms with Crippen molar-refractivity contribution >= 4 is 23.2 Å². The van der Waals surface area contributed by atoms with Crippen LogP contribution in [0.15, 0.2) is 42.6 Å². The Balaban J connectivity index is 0.00000225. The number of nitrogens with zero attached hydrogens (tertiary/aromatic N) is 1. The first-order chi connectivity index (χ1) is 11.7. The van der Waals surface area contributed by atoms with Gasteiger partial charge >= 0.3 is 0 Å². The summed E-state index contributed by atoms with van der Waals surface area (Å²) in [4.78, 5) is 4.56. The van der Waals surface area contributed by atoms with Crippen LogP contribution in [0.4, 0.5) is 0 Å². The standard InChI is InChI=1S/C19H19NO4.ClH/c1-21-15-7-5-6-14(19(15)24-4)17-12-8-9-16(22-2)18(23-3)13(12)10-11-20-17;/h5-11H,1-4H3;1H. The molecule has 0 saturated heterocycles. The Hall–Kier alpha value is -2.66. The van der Waals surface area contributed by atoms with Gasteiger partial charge in [0, 0.05) is 22.5 Å². The highest BCUT2D eigenvalue weighted by Crippen LogP contribution is 2.42. The number of methoxy groups -OCH3 is 4. The van der Waals surface area contributed by atoms with E-state index >= 15 is 0 Å². The monoisotopic (exact) mass is 361 g/mol. The highest BCUT2D eigenvalue weighted by molar-refractivity contribution is 6.00. The molecule has 0 radical (unpaired) electrons. The van der Waals surface area contributed by atoms with Gasteiger partial charge in [-0.05, 0) is 30.3 Å².